The summed E-state index contributed by atoms with van der Waals surface area (Å²) < 4.78 is 5.97. The molecule has 0 aliphatic carbocycles. The quantitative estimate of drug-likeness (QED) is 0.845. The first-order valence-corrected chi connectivity index (χ1v) is 8.93. The van der Waals surface area contributed by atoms with Crippen LogP contribution in [0.25, 0.3) is 0 Å². The summed E-state index contributed by atoms with van der Waals surface area (Å²) in [5.41, 5.74) is 2.09. The van der Waals surface area contributed by atoms with Gasteiger partial charge in [-0.05, 0) is 25.3 Å². The molecule has 0 radical (unpaired) electrons. The van der Waals surface area contributed by atoms with Gasteiger partial charge in [-0.1, -0.05) is 30.3 Å². The second-order valence-electron chi connectivity index (χ2n) is 5.91. The largest absolute Gasteiger partial charge is 0.373 e. The maximum Gasteiger partial charge on any atom is 0.228 e. The monoisotopic (exact) mass is 330 g/mol. The van der Waals surface area contributed by atoms with Gasteiger partial charge in [-0.15, -0.1) is 11.3 Å². The molecule has 1 aromatic heterocycles. The number of likely N-dealkylation sites (tertiary alicyclic amines) is 1. The zero-order valence-corrected chi connectivity index (χ0v) is 14.2. The summed E-state index contributed by atoms with van der Waals surface area (Å²) in [7, 11) is 0. The number of amides is 1. The van der Waals surface area contributed by atoms with E-state index >= 15 is 0 Å². The minimum Gasteiger partial charge on any atom is -0.373 e. The van der Waals surface area contributed by atoms with Crippen molar-refractivity contribution >= 4 is 17.2 Å². The maximum atomic E-state index is 12.3. The molecule has 5 heteroatoms. The molecule has 3 rings (SSSR count). The van der Waals surface area contributed by atoms with Gasteiger partial charge in [-0.3, -0.25) is 4.79 Å². The van der Waals surface area contributed by atoms with Crippen LogP contribution in [0.5, 0.6) is 0 Å². The number of hydrogen-bond donors (Lipinski definition) is 0. The fourth-order valence-electron chi connectivity index (χ4n) is 2.82. The predicted octanol–water partition coefficient (Wildman–Crippen LogP) is 3.20. The van der Waals surface area contributed by atoms with Crippen LogP contribution in [0.2, 0.25) is 0 Å². The van der Waals surface area contributed by atoms with Crippen LogP contribution in [0, 0.1) is 6.92 Å². The minimum absolute atomic E-state index is 0.178. The van der Waals surface area contributed by atoms with Crippen molar-refractivity contribution < 1.29 is 9.53 Å². The van der Waals surface area contributed by atoms with E-state index in [-0.39, 0.29) is 12.0 Å². The van der Waals surface area contributed by atoms with Crippen LogP contribution in [-0.2, 0) is 22.6 Å². The second kappa shape index (κ2) is 7.70. The summed E-state index contributed by atoms with van der Waals surface area (Å²) >= 11 is 1.60. The highest BCUT2D eigenvalue weighted by atomic mass is 32.1. The van der Waals surface area contributed by atoms with Crippen LogP contribution in [0.15, 0.2) is 35.7 Å². The van der Waals surface area contributed by atoms with E-state index in [1.165, 1.54) is 5.56 Å². The molecule has 23 heavy (non-hydrogen) atoms. The van der Waals surface area contributed by atoms with E-state index in [0.717, 1.165) is 36.6 Å². The lowest BCUT2D eigenvalue weighted by atomic mass is 10.1. The van der Waals surface area contributed by atoms with Gasteiger partial charge in [0.25, 0.3) is 0 Å². The minimum atomic E-state index is 0.178. The van der Waals surface area contributed by atoms with Gasteiger partial charge in [0.15, 0.2) is 0 Å². The van der Waals surface area contributed by atoms with Gasteiger partial charge in [0.1, 0.15) is 0 Å². The normalized spacial score (nSPS) is 15.8. The first-order chi connectivity index (χ1) is 11.2. The van der Waals surface area contributed by atoms with Crippen molar-refractivity contribution in [2.75, 3.05) is 13.1 Å². The lowest BCUT2D eigenvalue weighted by Crippen LogP contribution is -2.41. The van der Waals surface area contributed by atoms with Crippen molar-refractivity contribution in [2.45, 2.75) is 38.9 Å². The summed E-state index contributed by atoms with van der Waals surface area (Å²) in [6, 6.07) is 10.2. The van der Waals surface area contributed by atoms with Gasteiger partial charge in [0.2, 0.25) is 5.91 Å². The van der Waals surface area contributed by atoms with E-state index < -0.39 is 0 Å². The topological polar surface area (TPSA) is 42.4 Å². The number of benzene rings is 1. The van der Waals surface area contributed by atoms with Crippen molar-refractivity contribution in [3.8, 4) is 0 Å². The van der Waals surface area contributed by atoms with E-state index in [1.807, 2.05) is 35.4 Å². The summed E-state index contributed by atoms with van der Waals surface area (Å²) in [6.07, 6.45) is 2.49. The number of hydrogen-bond acceptors (Lipinski definition) is 4. The molecule has 0 bridgehead atoms. The Morgan fingerprint density at radius 1 is 1.30 bits per heavy atom. The van der Waals surface area contributed by atoms with Crippen LogP contribution in [-0.4, -0.2) is 35.0 Å². The van der Waals surface area contributed by atoms with Crippen LogP contribution < -0.4 is 0 Å². The fourth-order valence-corrected chi connectivity index (χ4v) is 3.43. The van der Waals surface area contributed by atoms with Gasteiger partial charge in [-0.2, -0.15) is 0 Å². The van der Waals surface area contributed by atoms with E-state index in [2.05, 4.69) is 17.1 Å². The van der Waals surface area contributed by atoms with Crippen LogP contribution in [0.4, 0.5) is 0 Å². The Morgan fingerprint density at radius 3 is 2.70 bits per heavy atom. The fraction of sp³-hybridized carbons (Fsp3) is 0.444. The molecular weight excluding hydrogens is 308 g/mol. The summed E-state index contributed by atoms with van der Waals surface area (Å²) in [5, 5.41) is 2.99. The molecule has 1 fully saturated rings. The van der Waals surface area contributed by atoms with E-state index in [0.29, 0.717) is 13.0 Å². The molecule has 1 amide bonds. The molecule has 0 atom stereocenters. The lowest BCUT2D eigenvalue weighted by Gasteiger charge is -2.32. The van der Waals surface area contributed by atoms with Gasteiger partial charge in [0.05, 0.1) is 29.8 Å². The molecule has 0 spiro atoms. The highest BCUT2D eigenvalue weighted by molar-refractivity contribution is 7.09. The molecule has 1 aliphatic heterocycles. The van der Waals surface area contributed by atoms with Crippen LogP contribution in [0.1, 0.15) is 29.1 Å². The molecule has 0 unspecified atom stereocenters. The van der Waals surface area contributed by atoms with Crippen molar-refractivity contribution in [1.29, 1.82) is 0 Å². The predicted molar refractivity (Wildman–Crippen MR) is 91.4 cm³/mol. The molecular formula is C18H22N2O2S. The summed E-state index contributed by atoms with van der Waals surface area (Å²) in [6.45, 7) is 4.18. The SMILES string of the molecule is Cc1nc(CC(=O)N2CCC(OCc3ccccc3)CC2)cs1. The average Bonchev–Trinajstić information content (AvgIpc) is 2.99. The third-order valence-electron chi connectivity index (χ3n) is 4.12. The molecule has 1 saturated heterocycles. The van der Waals surface area contributed by atoms with Gasteiger partial charge in [0, 0.05) is 18.5 Å². The Kier molecular flexibility index (Phi) is 5.41. The number of carbonyl (C=O) groups excluding carboxylic acids is 1. The highest BCUT2D eigenvalue weighted by Gasteiger charge is 2.23. The zero-order valence-electron chi connectivity index (χ0n) is 13.4. The molecule has 1 aromatic carbocycles. The Bertz CT molecular complexity index is 633. The summed E-state index contributed by atoms with van der Waals surface area (Å²) in [4.78, 5) is 18.6. The number of ether oxygens (including phenoxy) is 1. The van der Waals surface area contributed by atoms with Crippen molar-refractivity contribution in [3.05, 3.63) is 52.0 Å². The lowest BCUT2D eigenvalue weighted by molar-refractivity contribution is -0.133. The molecule has 0 saturated carbocycles. The van der Waals surface area contributed by atoms with Crippen molar-refractivity contribution in [2.24, 2.45) is 0 Å². The number of thiazole rings is 1. The molecule has 4 nitrogen and oxygen atoms in total. The first kappa shape index (κ1) is 16.1. The maximum absolute atomic E-state index is 12.3. The Labute approximate surface area is 141 Å². The summed E-state index contributed by atoms with van der Waals surface area (Å²) in [5.74, 6) is 0.178. The number of aromatic nitrogens is 1. The Hall–Kier alpha value is -1.72. The van der Waals surface area contributed by atoms with Crippen molar-refractivity contribution in [1.82, 2.24) is 9.88 Å². The van der Waals surface area contributed by atoms with Gasteiger partial charge >= 0.3 is 0 Å². The molecule has 1 aliphatic rings. The second-order valence-corrected chi connectivity index (χ2v) is 6.97. The van der Waals surface area contributed by atoms with E-state index in [9.17, 15) is 4.79 Å². The highest BCUT2D eigenvalue weighted by Crippen LogP contribution is 2.17. The molecule has 2 aromatic rings. The molecule has 2 heterocycles. The van der Waals surface area contributed by atoms with Crippen LogP contribution in [0.3, 0.4) is 0 Å². The number of aryl methyl sites for hydroxylation is 1. The Morgan fingerprint density at radius 2 is 2.04 bits per heavy atom. The molecule has 122 valence electrons. The third kappa shape index (κ3) is 4.62. The van der Waals surface area contributed by atoms with E-state index in [4.69, 9.17) is 4.74 Å². The number of carbonyl (C=O) groups is 1. The average molecular weight is 330 g/mol. The smallest absolute Gasteiger partial charge is 0.228 e. The van der Waals surface area contributed by atoms with Gasteiger partial charge in [-0.25, -0.2) is 4.98 Å². The molecule has 0 N–H and O–H groups in total. The number of nitrogens with zero attached hydrogens (tertiary/aromatic N) is 2. The Balaban J connectivity index is 1.42. The van der Waals surface area contributed by atoms with E-state index in [1.54, 1.807) is 11.3 Å². The zero-order chi connectivity index (χ0) is 16.1. The van der Waals surface area contributed by atoms with Gasteiger partial charge < -0.3 is 9.64 Å². The number of rotatable bonds is 5. The van der Waals surface area contributed by atoms with Crippen molar-refractivity contribution in [3.63, 3.8) is 0 Å². The standard InChI is InChI=1S/C18H22N2O2S/c1-14-19-16(13-23-14)11-18(21)20-9-7-17(8-10-20)22-12-15-5-3-2-4-6-15/h2-6,13,17H,7-12H2,1H3. The van der Waals surface area contributed by atoms with Crippen LogP contribution >= 0.6 is 11.3 Å². The number of piperidine rings is 1. The first-order valence-electron chi connectivity index (χ1n) is 8.05. The third-order valence-corrected chi connectivity index (χ3v) is 4.94.